The van der Waals surface area contributed by atoms with Crippen LogP contribution in [0.1, 0.15) is 16.1 Å². The molecule has 0 unspecified atom stereocenters. The Kier molecular flexibility index (Phi) is 2.68. The molecule has 0 aliphatic rings. The predicted molar refractivity (Wildman–Crippen MR) is 68.6 cm³/mol. The van der Waals surface area contributed by atoms with Gasteiger partial charge in [0.25, 0.3) is 5.56 Å². The van der Waals surface area contributed by atoms with Gasteiger partial charge >= 0.3 is 5.97 Å². The van der Waals surface area contributed by atoms with E-state index >= 15 is 0 Å². The van der Waals surface area contributed by atoms with Crippen molar-refractivity contribution in [2.45, 2.75) is 6.54 Å². The molecule has 0 bridgehead atoms. The predicted octanol–water partition coefficient (Wildman–Crippen LogP) is 1.80. The minimum atomic E-state index is -1.15. The van der Waals surface area contributed by atoms with E-state index in [0.29, 0.717) is 15.8 Å². The highest BCUT2D eigenvalue weighted by Gasteiger charge is 2.15. The first-order valence-corrected chi connectivity index (χ1v) is 6.27. The van der Waals surface area contributed by atoms with Crippen LogP contribution in [-0.2, 0) is 6.54 Å². The molecule has 0 aliphatic heterocycles. The number of rotatable bonds is 3. The molecule has 0 aromatic carbocycles. The zero-order chi connectivity index (χ0) is 13.4. The van der Waals surface area contributed by atoms with Gasteiger partial charge in [0.1, 0.15) is 4.83 Å². The van der Waals surface area contributed by atoms with Gasteiger partial charge in [0.2, 0.25) is 5.76 Å². The molecule has 6 nitrogen and oxygen atoms in total. The molecule has 0 fully saturated rings. The molecule has 0 atom stereocenters. The van der Waals surface area contributed by atoms with Crippen molar-refractivity contribution in [2.24, 2.45) is 0 Å². The Bertz CT molecular complexity index is 814. The van der Waals surface area contributed by atoms with Crippen LogP contribution in [0.5, 0.6) is 0 Å². The number of carboxylic acid groups (broad SMARTS) is 1. The van der Waals surface area contributed by atoms with E-state index in [0.717, 1.165) is 0 Å². The maximum atomic E-state index is 12.1. The minimum Gasteiger partial charge on any atom is -0.475 e. The fourth-order valence-electron chi connectivity index (χ4n) is 1.84. The Hall–Kier alpha value is -2.41. The van der Waals surface area contributed by atoms with Gasteiger partial charge in [0.05, 0.1) is 24.5 Å². The summed E-state index contributed by atoms with van der Waals surface area (Å²) >= 11 is 1.39. The fraction of sp³-hybridized carbons (Fsp3) is 0.0833. The average Bonchev–Trinajstić information content (AvgIpc) is 3.01. The number of aromatic nitrogens is 2. The van der Waals surface area contributed by atoms with Crippen molar-refractivity contribution in [3.63, 3.8) is 0 Å². The zero-order valence-corrected chi connectivity index (χ0v) is 10.4. The molecule has 19 heavy (non-hydrogen) atoms. The highest BCUT2D eigenvalue weighted by atomic mass is 32.1. The summed E-state index contributed by atoms with van der Waals surface area (Å²) in [6.45, 7) is 0.121. The quantitative estimate of drug-likeness (QED) is 0.788. The van der Waals surface area contributed by atoms with Crippen LogP contribution < -0.4 is 5.56 Å². The molecular formula is C12H8N2O4S. The van der Waals surface area contributed by atoms with Crippen LogP contribution in [-0.4, -0.2) is 20.6 Å². The topological polar surface area (TPSA) is 85.3 Å². The van der Waals surface area contributed by atoms with Gasteiger partial charge in [-0.15, -0.1) is 11.3 Å². The van der Waals surface area contributed by atoms with Crippen molar-refractivity contribution >= 4 is 27.5 Å². The van der Waals surface area contributed by atoms with E-state index in [1.807, 2.05) is 0 Å². The number of thiophene rings is 1. The van der Waals surface area contributed by atoms with Crippen LogP contribution >= 0.6 is 11.3 Å². The lowest BCUT2D eigenvalue weighted by molar-refractivity contribution is 0.0660. The molecule has 0 amide bonds. The van der Waals surface area contributed by atoms with Gasteiger partial charge in [-0.3, -0.25) is 9.36 Å². The van der Waals surface area contributed by atoms with Crippen molar-refractivity contribution in [3.8, 4) is 0 Å². The van der Waals surface area contributed by atoms with E-state index in [9.17, 15) is 9.59 Å². The molecule has 0 saturated carbocycles. The second kappa shape index (κ2) is 4.36. The van der Waals surface area contributed by atoms with Gasteiger partial charge < -0.3 is 9.52 Å². The molecule has 0 saturated heterocycles. The lowest BCUT2D eigenvalue weighted by atomic mass is 10.2. The molecule has 3 heterocycles. The molecular weight excluding hydrogens is 268 g/mol. The minimum absolute atomic E-state index is 0.121. The number of furan rings is 1. The number of hydrogen-bond acceptors (Lipinski definition) is 5. The summed E-state index contributed by atoms with van der Waals surface area (Å²) < 4.78 is 6.24. The van der Waals surface area contributed by atoms with E-state index in [-0.39, 0.29) is 17.9 Å². The van der Waals surface area contributed by atoms with Crippen LogP contribution in [0, 0.1) is 0 Å². The summed E-state index contributed by atoms with van der Waals surface area (Å²) in [4.78, 5) is 27.9. The second-order valence-corrected chi connectivity index (χ2v) is 4.79. The summed E-state index contributed by atoms with van der Waals surface area (Å²) in [5.41, 5.74) is 0.245. The first-order chi connectivity index (χ1) is 9.16. The van der Waals surface area contributed by atoms with Gasteiger partial charge in [-0.2, -0.15) is 0 Å². The van der Waals surface area contributed by atoms with Crippen LogP contribution in [0.15, 0.2) is 39.3 Å². The molecule has 96 valence electrons. The SMILES string of the molecule is O=C(O)c1occc1Cn1cnc2sccc2c1=O. The number of carbonyl (C=O) groups is 1. The standard InChI is InChI=1S/C12H8N2O4S/c15-11-8-2-4-19-10(8)13-6-14(11)5-7-1-3-18-9(7)12(16)17/h1-4,6H,5H2,(H,16,17). The van der Waals surface area contributed by atoms with E-state index in [1.54, 1.807) is 11.4 Å². The first kappa shape index (κ1) is 11.7. The molecule has 0 spiro atoms. The molecule has 1 N–H and O–H groups in total. The number of hydrogen-bond donors (Lipinski definition) is 1. The highest BCUT2D eigenvalue weighted by molar-refractivity contribution is 7.16. The fourth-order valence-corrected chi connectivity index (χ4v) is 2.56. The summed E-state index contributed by atoms with van der Waals surface area (Å²) in [6, 6.07) is 3.24. The molecule has 0 radical (unpaired) electrons. The smallest absolute Gasteiger partial charge is 0.372 e. The molecule has 3 rings (SSSR count). The van der Waals surface area contributed by atoms with Crippen molar-refractivity contribution in [3.05, 3.63) is 51.8 Å². The van der Waals surface area contributed by atoms with E-state index in [4.69, 9.17) is 9.52 Å². The first-order valence-electron chi connectivity index (χ1n) is 5.39. The third kappa shape index (κ3) is 1.93. The number of aromatic carboxylic acids is 1. The molecule has 7 heteroatoms. The van der Waals surface area contributed by atoms with E-state index in [1.165, 1.54) is 34.6 Å². The largest absolute Gasteiger partial charge is 0.475 e. The maximum Gasteiger partial charge on any atom is 0.372 e. The maximum absolute atomic E-state index is 12.1. The molecule has 3 aromatic rings. The summed E-state index contributed by atoms with van der Waals surface area (Å²) in [5.74, 6) is -1.31. The number of fused-ring (bicyclic) bond motifs is 1. The highest BCUT2D eigenvalue weighted by Crippen LogP contribution is 2.15. The summed E-state index contributed by atoms with van der Waals surface area (Å²) in [6.07, 6.45) is 2.71. The van der Waals surface area contributed by atoms with E-state index < -0.39 is 5.97 Å². The zero-order valence-electron chi connectivity index (χ0n) is 9.57. The average molecular weight is 276 g/mol. The van der Waals surface area contributed by atoms with E-state index in [2.05, 4.69) is 4.98 Å². The van der Waals surface area contributed by atoms with Crippen LogP contribution in [0.25, 0.3) is 10.2 Å². The Balaban J connectivity index is 2.06. The molecule has 3 aromatic heterocycles. The van der Waals surface area contributed by atoms with Crippen LogP contribution in [0.4, 0.5) is 0 Å². The third-order valence-corrected chi connectivity index (χ3v) is 3.55. The summed E-state index contributed by atoms with van der Waals surface area (Å²) in [7, 11) is 0. The lowest BCUT2D eigenvalue weighted by Gasteiger charge is -2.03. The Labute approximate surface area is 110 Å². The Morgan fingerprint density at radius 1 is 1.47 bits per heavy atom. The van der Waals surface area contributed by atoms with Crippen molar-refractivity contribution in [1.29, 1.82) is 0 Å². The Morgan fingerprint density at radius 2 is 2.32 bits per heavy atom. The van der Waals surface area contributed by atoms with Crippen molar-refractivity contribution < 1.29 is 14.3 Å². The number of carboxylic acids is 1. The van der Waals surface area contributed by atoms with Gasteiger partial charge in [0, 0.05) is 5.56 Å². The van der Waals surface area contributed by atoms with Gasteiger partial charge in [-0.1, -0.05) is 0 Å². The van der Waals surface area contributed by atoms with Crippen molar-refractivity contribution in [1.82, 2.24) is 9.55 Å². The second-order valence-electron chi connectivity index (χ2n) is 3.90. The van der Waals surface area contributed by atoms with Gasteiger partial charge in [-0.25, -0.2) is 9.78 Å². The molecule has 0 aliphatic carbocycles. The lowest BCUT2D eigenvalue weighted by Crippen LogP contribution is -2.21. The van der Waals surface area contributed by atoms with Crippen molar-refractivity contribution in [2.75, 3.05) is 0 Å². The van der Waals surface area contributed by atoms with Crippen LogP contribution in [0.2, 0.25) is 0 Å². The normalized spacial score (nSPS) is 10.9. The third-order valence-electron chi connectivity index (χ3n) is 2.73. The Morgan fingerprint density at radius 3 is 3.11 bits per heavy atom. The monoisotopic (exact) mass is 276 g/mol. The van der Waals surface area contributed by atoms with Gasteiger partial charge in [-0.05, 0) is 17.5 Å². The van der Waals surface area contributed by atoms with Crippen LogP contribution in [0.3, 0.4) is 0 Å². The number of nitrogens with zero attached hydrogens (tertiary/aromatic N) is 2. The summed E-state index contributed by atoms with van der Waals surface area (Å²) in [5, 5.41) is 11.3. The van der Waals surface area contributed by atoms with Gasteiger partial charge in [0.15, 0.2) is 0 Å².